The summed E-state index contributed by atoms with van der Waals surface area (Å²) in [6, 6.07) is 9.55. The average molecular weight is 452 g/mol. The first-order valence-electron chi connectivity index (χ1n) is 9.89. The molecule has 2 heterocycles. The van der Waals surface area contributed by atoms with Crippen LogP contribution in [0.4, 0.5) is 24.7 Å². The maximum Gasteiger partial charge on any atom is 0.416 e. The van der Waals surface area contributed by atoms with Crippen LogP contribution in [0.2, 0.25) is 0 Å². The van der Waals surface area contributed by atoms with E-state index in [0.717, 1.165) is 23.3 Å². The Morgan fingerprint density at radius 3 is 2.67 bits per heavy atom. The van der Waals surface area contributed by atoms with Crippen molar-refractivity contribution in [3.63, 3.8) is 0 Å². The molecule has 0 radical (unpaired) electrons. The average Bonchev–Trinajstić information content (AvgIpc) is 3.22. The van der Waals surface area contributed by atoms with E-state index < -0.39 is 17.6 Å². The molecule has 0 saturated heterocycles. The lowest BCUT2D eigenvalue weighted by atomic mass is 10.1. The van der Waals surface area contributed by atoms with Crippen molar-refractivity contribution >= 4 is 40.9 Å². The molecule has 0 fully saturated rings. The molecule has 0 bridgehead atoms. The van der Waals surface area contributed by atoms with Crippen molar-refractivity contribution in [3.8, 4) is 0 Å². The number of anilines is 2. The minimum atomic E-state index is -4.52. The molecule has 7 nitrogen and oxygen atoms in total. The summed E-state index contributed by atoms with van der Waals surface area (Å²) in [4.78, 5) is 25.2. The van der Waals surface area contributed by atoms with Crippen LogP contribution in [-0.2, 0) is 6.18 Å². The van der Waals surface area contributed by atoms with Crippen LogP contribution in [0.3, 0.4) is 0 Å². The number of nitrogens with one attached hydrogen (secondary N) is 2. The number of hydrogen-bond donors (Lipinski definition) is 2. The number of aromatic nitrogens is 4. The van der Waals surface area contributed by atoms with Crippen molar-refractivity contribution in [2.75, 3.05) is 17.7 Å². The van der Waals surface area contributed by atoms with Crippen LogP contribution in [0.25, 0.3) is 23.4 Å². The first kappa shape index (κ1) is 22.0. The third-order valence-electron chi connectivity index (χ3n) is 5.00. The number of amides is 1. The highest BCUT2D eigenvalue weighted by Crippen LogP contribution is 2.30. The third-order valence-corrected chi connectivity index (χ3v) is 5.00. The normalized spacial score (nSPS) is 11.8. The monoisotopic (exact) mass is 452 g/mol. The van der Waals surface area contributed by atoms with Crippen molar-refractivity contribution in [2.45, 2.75) is 13.1 Å². The van der Waals surface area contributed by atoms with Gasteiger partial charge in [-0.1, -0.05) is 12.1 Å². The van der Waals surface area contributed by atoms with Gasteiger partial charge in [0.15, 0.2) is 17.0 Å². The minimum absolute atomic E-state index is 0.0765. The van der Waals surface area contributed by atoms with Gasteiger partial charge in [0, 0.05) is 24.5 Å². The second kappa shape index (κ2) is 8.73. The zero-order valence-corrected chi connectivity index (χ0v) is 17.7. The van der Waals surface area contributed by atoms with Gasteiger partial charge in [-0.15, -0.1) is 0 Å². The Morgan fingerprint density at radius 1 is 1.09 bits per heavy atom. The van der Waals surface area contributed by atoms with E-state index in [2.05, 4.69) is 25.6 Å². The Bertz CT molecular complexity index is 1360. The summed E-state index contributed by atoms with van der Waals surface area (Å²) >= 11 is 0. The number of imidazole rings is 1. The largest absolute Gasteiger partial charge is 0.416 e. The number of carbonyl (C=O) groups excluding carboxylic acids is 1. The molecule has 0 saturated carbocycles. The van der Waals surface area contributed by atoms with Gasteiger partial charge in [0.2, 0.25) is 0 Å². The Labute approximate surface area is 187 Å². The predicted octanol–water partition coefficient (Wildman–Crippen LogP) is 5.08. The van der Waals surface area contributed by atoms with Crippen LogP contribution in [0.15, 0.2) is 55.1 Å². The minimum Gasteiger partial charge on any atom is -0.371 e. The maximum atomic E-state index is 12.9. The van der Waals surface area contributed by atoms with Gasteiger partial charge in [-0.05, 0) is 54.5 Å². The number of alkyl halides is 3. The maximum absolute atomic E-state index is 12.9. The van der Waals surface area contributed by atoms with Crippen LogP contribution in [-0.4, -0.2) is 32.5 Å². The molecule has 4 rings (SSSR count). The molecule has 0 spiro atoms. The summed E-state index contributed by atoms with van der Waals surface area (Å²) < 4.78 is 40.6. The molecule has 2 aromatic carbocycles. The summed E-state index contributed by atoms with van der Waals surface area (Å²) in [5.74, 6) is -0.0144. The molecule has 168 valence electrons. The lowest BCUT2D eigenvalue weighted by molar-refractivity contribution is -0.137. The highest BCUT2D eigenvalue weighted by atomic mass is 19.4. The zero-order chi connectivity index (χ0) is 23.6. The standard InChI is InChI=1S/C23H19F3N6O/c1-14-6-7-18(31-22(33)16-4-3-5-17(10-16)23(24,25)26)11-15(14)8-9-32-13-30-19-20(27-2)28-12-29-21(19)32/h3-13H,1-2H3,(H,31,33)(H,27,28,29)/b9-8+. The van der Waals surface area contributed by atoms with Crippen LogP contribution >= 0.6 is 0 Å². The van der Waals surface area contributed by atoms with Gasteiger partial charge >= 0.3 is 6.18 Å². The number of fused-ring (bicyclic) bond motifs is 1. The number of halogens is 3. The summed E-state index contributed by atoms with van der Waals surface area (Å²) in [5, 5.41) is 5.62. The van der Waals surface area contributed by atoms with Crippen molar-refractivity contribution < 1.29 is 18.0 Å². The molecule has 10 heteroatoms. The zero-order valence-electron chi connectivity index (χ0n) is 17.7. The van der Waals surface area contributed by atoms with Crippen molar-refractivity contribution in [2.24, 2.45) is 0 Å². The number of benzene rings is 2. The molecule has 33 heavy (non-hydrogen) atoms. The van der Waals surface area contributed by atoms with Gasteiger partial charge in [0.05, 0.1) is 5.56 Å². The van der Waals surface area contributed by atoms with Gasteiger partial charge in [-0.2, -0.15) is 13.2 Å². The second-order valence-corrected chi connectivity index (χ2v) is 7.22. The Morgan fingerprint density at radius 2 is 1.91 bits per heavy atom. The fourth-order valence-corrected chi connectivity index (χ4v) is 3.24. The Hall–Kier alpha value is -4.21. The second-order valence-electron chi connectivity index (χ2n) is 7.22. The first-order valence-corrected chi connectivity index (χ1v) is 9.89. The van der Waals surface area contributed by atoms with E-state index in [1.807, 2.05) is 19.1 Å². The van der Waals surface area contributed by atoms with Crippen molar-refractivity contribution in [1.29, 1.82) is 0 Å². The van der Waals surface area contributed by atoms with E-state index in [-0.39, 0.29) is 5.56 Å². The molecule has 2 aromatic heterocycles. The predicted molar refractivity (Wildman–Crippen MR) is 121 cm³/mol. The molecule has 4 aromatic rings. The molecule has 0 unspecified atom stereocenters. The summed E-state index contributed by atoms with van der Waals surface area (Å²) in [6.45, 7) is 1.91. The molecule has 0 atom stereocenters. The van der Waals surface area contributed by atoms with Crippen molar-refractivity contribution in [3.05, 3.63) is 77.4 Å². The number of carbonyl (C=O) groups is 1. The van der Waals surface area contributed by atoms with Gasteiger partial charge in [-0.3, -0.25) is 9.36 Å². The smallest absolute Gasteiger partial charge is 0.371 e. The van der Waals surface area contributed by atoms with Gasteiger partial charge in [0.1, 0.15) is 12.7 Å². The highest BCUT2D eigenvalue weighted by Gasteiger charge is 2.30. The van der Waals surface area contributed by atoms with E-state index in [1.54, 1.807) is 36.3 Å². The van der Waals surface area contributed by atoms with Gasteiger partial charge < -0.3 is 10.6 Å². The molecule has 1 amide bonds. The van der Waals surface area contributed by atoms with Crippen molar-refractivity contribution in [1.82, 2.24) is 19.5 Å². The number of rotatable bonds is 5. The van der Waals surface area contributed by atoms with E-state index in [4.69, 9.17) is 0 Å². The lowest BCUT2D eigenvalue weighted by Crippen LogP contribution is -2.14. The lowest BCUT2D eigenvalue weighted by Gasteiger charge is -2.10. The molecule has 0 aliphatic carbocycles. The summed E-state index contributed by atoms with van der Waals surface area (Å²) in [6.07, 6.45) is 2.15. The number of nitrogens with zero attached hydrogens (tertiary/aromatic N) is 4. The van der Waals surface area contributed by atoms with E-state index in [0.29, 0.717) is 22.7 Å². The van der Waals surface area contributed by atoms with Crippen LogP contribution in [0, 0.1) is 6.92 Å². The molecule has 0 aliphatic rings. The fraction of sp³-hybridized carbons (Fsp3) is 0.130. The SMILES string of the molecule is CNc1ncnc2c1ncn2/C=C/c1cc(NC(=O)c2cccc(C(F)(F)F)c2)ccc1C. The van der Waals surface area contributed by atoms with E-state index >= 15 is 0 Å². The molecular formula is C23H19F3N6O. The fourth-order valence-electron chi connectivity index (χ4n) is 3.24. The summed E-state index contributed by atoms with van der Waals surface area (Å²) in [7, 11) is 1.75. The van der Waals surface area contributed by atoms with E-state index in [1.165, 1.54) is 18.5 Å². The number of aryl methyl sites for hydroxylation is 1. The van der Waals surface area contributed by atoms with Crippen LogP contribution in [0.5, 0.6) is 0 Å². The Balaban J connectivity index is 1.57. The molecular weight excluding hydrogens is 433 g/mol. The van der Waals surface area contributed by atoms with Gasteiger partial charge in [0.25, 0.3) is 5.91 Å². The molecule has 0 aliphatic heterocycles. The van der Waals surface area contributed by atoms with Crippen LogP contribution in [0.1, 0.15) is 27.0 Å². The van der Waals surface area contributed by atoms with Gasteiger partial charge in [-0.25, -0.2) is 15.0 Å². The quantitative estimate of drug-likeness (QED) is 0.441. The van der Waals surface area contributed by atoms with E-state index in [9.17, 15) is 18.0 Å². The molecule has 2 N–H and O–H groups in total. The Kier molecular flexibility index (Phi) is 5.82. The third kappa shape index (κ3) is 4.69. The summed E-state index contributed by atoms with van der Waals surface area (Å²) in [5.41, 5.74) is 2.51. The first-order chi connectivity index (χ1) is 15.8. The topological polar surface area (TPSA) is 84.7 Å². The number of hydrogen-bond acceptors (Lipinski definition) is 5. The highest BCUT2D eigenvalue weighted by molar-refractivity contribution is 6.04. The van der Waals surface area contributed by atoms with Crippen LogP contribution < -0.4 is 10.6 Å².